The second kappa shape index (κ2) is 10.9. The lowest BCUT2D eigenvalue weighted by atomic mass is 10.2. The molecule has 31 heavy (non-hydrogen) atoms. The van der Waals surface area contributed by atoms with Crippen molar-refractivity contribution in [1.29, 1.82) is 0 Å². The standard InChI is InChI=1S/C20H18Cl3N5O2S/c1-2-28-17(10-24-19(30)15-8-5-13(22)9-16(15)23)26-27-20(28)31-11-18(29)25-14-6-3-12(21)4-7-14/h3-9H,2,10-11H2,1H3,(H,24,30)(H,25,29). The zero-order valence-electron chi connectivity index (χ0n) is 16.4. The van der Waals surface area contributed by atoms with Crippen LogP contribution in [0, 0.1) is 0 Å². The van der Waals surface area contributed by atoms with Gasteiger partial charge >= 0.3 is 0 Å². The van der Waals surface area contributed by atoms with Crippen LogP contribution in [0.5, 0.6) is 0 Å². The van der Waals surface area contributed by atoms with Crippen molar-refractivity contribution in [2.24, 2.45) is 0 Å². The summed E-state index contributed by atoms with van der Waals surface area (Å²) in [7, 11) is 0. The monoisotopic (exact) mass is 497 g/mol. The molecule has 3 rings (SSSR count). The zero-order chi connectivity index (χ0) is 22.4. The van der Waals surface area contributed by atoms with Crippen LogP contribution in [0.1, 0.15) is 23.1 Å². The molecule has 2 amide bonds. The number of rotatable bonds is 8. The highest BCUT2D eigenvalue weighted by molar-refractivity contribution is 7.99. The zero-order valence-corrected chi connectivity index (χ0v) is 19.4. The van der Waals surface area contributed by atoms with Crippen molar-refractivity contribution in [3.8, 4) is 0 Å². The molecule has 0 aliphatic carbocycles. The van der Waals surface area contributed by atoms with Crippen molar-refractivity contribution in [1.82, 2.24) is 20.1 Å². The number of benzene rings is 2. The smallest absolute Gasteiger partial charge is 0.253 e. The number of aromatic nitrogens is 3. The van der Waals surface area contributed by atoms with Crippen LogP contribution in [0.3, 0.4) is 0 Å². The third-order valence-electron chi connectivity index (χ3n) is 4.15. The predicted octanol–water partition coefficient (Wildman–Crippen LogP) is 4.92. The Labute approximate surface area is 198 Å². The molecule has 11 heteroatoms. The molecule has 7 nitrogen and oxygen atoms in total. The quantitative estimate of drug-likeness (QED) is 0.430. The van der Waals surface area contributed by atoms with Gasteiger partial charge in [0.1, 0.15) is 0 Å². The van der Waals surface area contributed by atoms with Crippen molar-refractivity contribution in [3.05, 3.63) is 68.9 Å². The van der Waals surface area contributed by atoms with Crippen LogP contribution in [0.25, 0.3) is 0 Å². The van der Waals surface area contributed by atoms with Gasteiger partial charge in [-0.15, -0.1) is 10.2 Å². The van der Waals surface area contributed by atoms with Gasteiger partial charge in [-0.2, -0.15) is 0 Å². The number of carbonyl (C=O) groups excluding carboxylic acids is 2. The van der Waals surface area contributed by atoms with Crippen LogP contribution in [-0.2, 0) is 17.9 Å². The molecular formula is C20H18Cl3N5O2S. The molecule has 2 aromatic carbocycles. The topological polar surface area (TPSA) is 88.9 Å². The molecule has 0 atom stereocenters. The largest absolute Gasteiger partial charge is 0.345 e. The van der Waals surface area contributed by atoms with Crippen molar-refractivity contribution < 1.29 is 9.59 Å². The summed E-state index contributed by atoms with van der Waals surface area (Å²) in [5, 5.41) is 15.8. The SMILES string of the molecule is CCn1c(CNC(=O)c2ccc(Cl)cc2Cl)nnc1SCC(=O)Nc1ccc(Cl)cc1. The summed E-state index contributed by atoms with van der Waals surface area (Å²) in [5.41, 5.74) is 0.985. The Hall–Kier alpha value is -2.26. The van der Waals surface area contributed by atoms with E-state index in [0.29, 0.717) is 38.8 Å². The molecule has 0 spiro atoms. The first kappa shape index (κ1) is 23.4. The lowest BCUT2D eigenvalue weighted by Gasteiger charge is -2.09. The van der Waals surface area contributed by atoms with E-state index in [1.165, 1.54) is 17.8 Å². The molecule has 0 saturated heterocycles. The Balaban J connectivity index is 1.57. The molecule has 0 radical (unpaired) electrons. The average molecular weight is 499 g/mol. The Morgan fingerprint density at radius 3 is 2.42 bits per heavy atom. The summed E-state index contributed by atoms with van der Waals surface area (Å²) in [6.45, 7) is 2.68. The molecule has 0 saturated carbocycles. The third-order valence-corrected chi connectivity index (χ3v) is 5.92. The van der Waals surface area contributed by atoms with Crippen LogP contribution in [-0.4, -0.2) is 32.3 Å². The molecule has 3 aromatic rings. The van der Waals surface area contributed by atoms with Gasteiger partial charge in [0, 0.05) is 22.3 Å². The molecule has 2 N–H and O–H groups in total. The highest BCUT2D eigenvalue weighted by Crippen LogP contribution is 2.21. The normalized spacial score (nSPS) is 10.7. The predicted molar refractivity (Wildman–Crippen MR) is 124 cm³/mol. The number of thioether (sulfide) groups is 1. The Bertz CT molecular complexity index is 1090. The van der Waals surface area contributed by atoms with Gasteiger partial charge in [0.05, 0.1) is 22.9 Å². The molecule has 1 heterocycles. The van der Waals surface area contributed by atoms with Crippen LogP contribution in [0.4, 0.5) is 5.69 Å². The van der Waals surface area contributed by atoms with Gasteiger partial charge in [-0.1, -0.05) is 46.6 Å². The summed E-state index contributed by atoms with van der Waals surface area (Å²) >= 11 is 19.1. The number of amides is 2. The van der Waals surface area contributed by atoms with E-state index >= 15 is 0 Å². The molecule has 0 bridgehead atoms. The summed E-state index contributed by atoms with van der Waals surface area (Å²) in [6, 6.07) is 11.5. The summed E-state index contributed by atoms with van der Waals surface area (Å²) < 4.78 is 1.84. The second-order valence-electron chi connectivity index (χ2n) is 6.29. The minimum atomic E-state index is -0.344. The van der Waals surface area contributed by atoms with E-state index in [9.17, 15) is 9.59 Å². The second-order valence-corrected chi connectivity index (χ2v) is 8.52. The fourth-order valence-electron chi connectivity index (χ4n) is 2.66. The van der Waals surface area contributed by atoms with Gasteiger partial charge in [-0.25, -0.2) is 0 Å². The molecule has 1 aromatic heterocycles. The highest BCUT2D eigenvalue weighted by atomic mass is 35.5. The van der Waals surface area contributed by atoms with Gasteiger partial charge in [0.15, 0.2) is 11.0 Å². The maximum absolute atomic E-state index is 12.4. The van der Waals surface area contributed by atoms with E-state index in [2.05, 4.69) is 20.8 Å². The van der Waals surface area contributed by atoms with Gasteiger partial charge in [0.2, 0.25) is 5.91 Å². The van der Waals surface area contributed by atoms with Gasteiger partial charge in [0.25, 0.3) is 5.91 Å². The summed E-state index contributed by atoms with van der Waals surface area (Å²) in [4.78, 5) is 24.6. The van der Waals surface area contributed by atoms with Crippen LogP contribution in [0.15, 0.2) is 47.6 Å². The van der Waals surface area contributed by atoms with Crippen molar-refractivity contribution in [2.75, 3.05) is 11.1 Å². The fourth-order valence-corrected chi connectivity index (χ4v) is 4.10. The fraction of sp³-hybridized carbons (Fsp3) is 0.200. The maximum atomic E-state index is 12.4. The molecular weight excluding hydrogens is 481 g/mol. The first-order valence-electron chi connectivity index (χ1n) is 9.21. The summed E-state index contributed by atoms with van der Waals surface area (Å²) in [5.74, 6) is 0.212. The molecule has 0 aliphatic rings. The van der Waals surface area contributed by atoms with E-state index in [1.807, 2.05) is 11.5 Å². The van der Waals surface area contributed by atoms with Gasteiger partial charge in [-0.05, 0) is 49.4 Å². The summed E-state index contributed by atoms with van der Waals surface area (Å²) in [6.07, 6.45) is 0. The lowest BCUT2D eigenvalue weighted by molar-refractivity contribution is -0.113. The van der Waals surface area contributed by atoms with Crippen LogP contribution in [0.2, 0.25) is 15.1 Å². The minimum Gasteiger partial charge on any atom is -0.345 e. The number of nitrogens with one attached hydrogen (secondary N) is 2. The highest BCUT2D eigenvalue weighted by Gasteiger charge is 2.16. The van der Waals surface area contributed by atoms with E-state index in [4.69, 9.17) is 34.8 Å². The number of carbonyl (C=O) groups is 2. The maximum Gasteiger partial charge on any atom is 0.253 e. The minimum absolute atomic E-state index is 0.160. The first-order valence-corrected chi connectivity index (χ1v) is 11.3. The lowest BCUT2D eigenvalue weighted by Crippen LogP contribution is -2.25. The molecule has 0 aliphatic heterocycles. The Kier molecular flexibility index (Phi) is 8.20. The van der Waals surface area contributed by atoms with Crippen LogP contribution < -0.4 is 10.6 Å². The third kappa shape index (κ3) is 6.36. The number of nitrogens with zero attached hydrogens (tertiary/aromatic N) is 3. The Morgan fingerprint density at radius 2 is 1.74 bits per heavy atom. The average Bonchev–Trinajstić information content (AvgIpc) is 3.14. The Morgan fingerprint density at radius 1 is 1.03 bits per heavy atom. The van der Waals surface area contributed by atoms with Gasteiger partial charge < -0.3 is 15.2 Å². The first-order chi connectivity index (χ1) is 14.9. The molecule has 0 fully saturated rings. The van der Waals surface area contributed by atoms with Crippen LogP contribution >= 0.6 is 46.6 Å². The number of hydrogen-bond donors (Lipinski definition) is 2. The number of halogens is 3. The van der Waals surface area contributed by atoms with E-state index in [1.54, 1.807) is 36.4 Å². The van der Waals surface area contributed by atoms with Gasteiger partial charge in [-0.3, -0.25) is 9.59 Å². The van der Waals surface area contributed by atoms with E-state index in [0.717, 1.165) is 0 Å². The van der Waals surface area contributed by atoms with E-state index < -0.39 is 0 Å². The number of anilines is 1. The molecule has 0 unspecified atom stereocenters. The van der Waals surface area contributed by atoms with Crippen molar-refractivity contribution in [2.45, 2.75) is 25.2 Å². The van der Waals surface area contributed by atoms with E-state index in [-0.39, 0.29) is 29.1 Å². The van der Waals surface area contributed by atoms with Crippen molar-refractivity contribution in [3.63, 3.8) is 0 Å². The number of hydrogen-bond acceptors (Lipinski definition) is 5. The van der Waals surface area contributed by atoms with Crippen molar-refractivity contribution >= 4 is 64.1 Å². The molecule has 162 valence electrons.